The molecule has 0 bridgehead atoms. The Hall–Kier alpha value is -2.29. The number of carbonyl (C=O) groups is 1. The van der Waals surface area contributed by atoms with Gasteiger partial charge in [0.25, 0.3) is 5.91 Å². The number of rotatable bonds is 6. The molecule has 23 heavy (non-hydrogen) atoms. The average molecular weight is 343 g/mol. The minimum absolute atomic E-state index is 0.0162. The van der Waals surface area contributed by atoms with Crippen LogP contribution in [0.1, 0.15) is 16.8 Å². The number of hydrogen-bond donors (Lipinski definition) is 1. The van der Waals surface area contributed by atoms with Crippen molar-refractivity contribution in [1.29, 1.82) is 0 Å². The molecule has 0 aliphatic carbocycles. The van der Waals surface area contributed by atoms with Gasteiger partial charge in [-0.05, 0) is 18.6 Å². The number of nitrogens with zero attached hydrogens (tertiary/aromatic N) is 2. The molecule has 1 aromatic carbocycles. The molecule has 0 aliphatic rings. The Balaban J connectivity index is 2.00. The lowest BCUT2D eigenvalue weighted by Gasteiger charge is -2.03. The second-order valence-corrected chi connectivity index (χ2v) is 7.27. The third kappa shape index (κ3) is 4.85. The van der Waals surface area contributed by atoms with Gasteiger partial charge in [0.2, 0.25) is 0 Å². The summed E-state index contributed by atoms with van der Waals surface area (Å²) >= 11 is 0. The van der Waals surface area contributed by atoms with Gasteiger partial charge in [-0.2, -0.15) is 5.10 Å². The molecule has 1 heterocycles. The van der Waals surface area contributed by atoms with Crippen molar-refractivity contribution in [2.75, 3.05) is 18.6 Å². The Morgan fingerprint density at radius 3 is 2.74 bits per heavy atom. The van der Waals surface area contributed by atoms with Crippen LogP contribution in [0.5, 0.6) is 0 Å². The monoisotopic (exact) mass is 343 g/mol. The molecule has 124 valence electrons. The maximum Gasteiger partial charge on any atom is 0.254 e. The summed E-state index contributed by atoms with van der Waals surface area (Å²) in [5, 5.41) is 6.41. The first kappa shape index (κ1) is 17.1. The highest BCUT2D eigenvalue weighted by atomic mass is 32.2. The summed E-state index contributed by atoms with van der Waals surface area (Å²) < 4.78 is 49.6. The lowest BCUT2D eigenvalue weighted by molar-refractivity contribution is 0.0953. The third-order valence-electron chi connectivity index (χ3n) is 2.98. The zero-order chi connectivity index (χ0) is 17.0. The van der Waals surface area contributed by atoms with Crippen LogP contribution in [-0.4, -0.2) is 42.7 Å². The molecule has 1 amide bonds. The predicted molar refractivity (Wildman–Crippen MR) is 80.1 cm³/mol. The standard InChI is InChI=1S/C14H15F2N3O3S/c1-23(21,22)6-2-5-17-14(20)10-8-18-19(9-10)13-4-3-11(15)7-12(13)16/h3-4,7-9H,2,5-6H2,1H3,(H,17,20). The number of aromatic nitrogens is 2. The number of amides is 1. The first-order valence-electron chi connectivity index (χ1n) is 6.72. The van der Waals surface area contributed by atoms with E-state index in [2.05, 4.69) is 10.4 Å². The van der Waals surface area contributed by atoms with Gasteiger partial charge in [-0.3, -0.25) is 4.79 Å². The highest BCUT2D eigenvalue weighted by molar-refractivity contribution is 7.90. The van der Waals surface area contributed by atoms with E-state index >= 15 is 0 Å². The van der Waals surface area contributed by atoms with Crippen molar-refractivity contribution < 1.29 is 22.0 Å². The number of hydrogen-bond acceptors (Lipinski definition) is 4. The van der Waals surface area contributed by atoms with Gasteiger partial charge in [0.15, 0.2) is 5.82 Å². The summed E-state index contributed by atoms with van der Waals surface area (Å²) in [5.74, 6) is -1.98. The van der Waals surface area contributed by atoms with Crippen molar-refractivity contribution in [1.82, 2.24) is 15.1 Å². The van der Waals surface area contributed by atoms with E-state index in [1.807, 2.05) is 0 Å². The van der Waals surface area contributed by atoms with E-state index in [1.54, 1.807) is 0 Å². The fourth-order valence-electron chi connectivity index (χ4n) is 1.88. The fourth-order valence-corrected chi connectivity index (χ4v) is 2.55. The topological polar surface area (TPSA) is 81.1 Å². The maximum atomic E-state index is 13.6. The summed E-state index contributed by atoms with van der Waals surface area (Å²) in [4.78, 5) is 11.9. The van der Waals surface area contributed by atoms with Gasteiger partial charge < -0.3 is 5.32 Å². The Morgan fingerprint density at radius 1 is 1.35 bits per heavy atom. The Labute approximate surface area is 132 Å². The molecule has 0 saturated heterocycles. The van der Waals surface area contributed by atoms with E-state index < -0.39 is 27.4 Å². The molecule has 6 nitrogen and oxygen atoms in total. The first-order valence-corrected chi connectivity index (χ1v) is 8.78. The normalized spacial score (nSPS) is 11.4. The first-order chi connectivity index (χ1) is 10.8. The Bertz CT molecular complexity index is 818. The van der Waals surface area contributed by atoms with Gasteiger partial charge in [-0.1, -0.05) is 0 Å². The van der Waals surface area contributed by atoms with E-state index in [1.165, 1.54) is 18.5 Å². The van der Waals surface area contributed by atoms with Crippen LogP contribution in [0.3, 0.4) is 0 Å². The zero-order valence-corrected chi connectivity index (χ0v) is 13.1. The van der Waals surface area contributed by atoms with Crippen molar-refractivity contribution >= 4 is 15.7 Å². The molecule has 0 saturated carbocycles. The van der Waals surface area contributed by atoms with Gasteiger partial charge in [0.05, 0.1) is 17.5 Å². The molecule has 9 heteroatoms. The molecule has 0 spiro atoms. The zero-order valence-electron chi connectivity index (χ0n) is 12.3. The van der Waals surface area contributed by atoms with Crippen molar-refractivity contribution in [2.24, 2.45) is 0 Å². The van der Waals surface area contributed by atoms with E-state index in [0.717, 1.165) is 23.1 Å². The van der Waals surface area contributed by atoms with Crippen molar-refractivity contribution in [3.8, 4) is 5.69 Å². The predicted octanol–water partition coefficient (Wildman–Crippen LogP) is 1.32. The smallest absolute Gasteiger partial charge is 0.254 e. The van der Waals surface area contributed by atoms with E-state index in [9.17, 15) is 22.0 Å². The number of halogens is 2. The van der Waals surface area contributed by atoms with E-state index in [-0.39, 0.29) is 23.5 Å². The molecule has 2 rings (SSSR count). The van der Waals surface area contributed by atoms with E-state index in [4.69, 9.17) is 0 Å². The van der Waals surface area contributed by atoms with Gasteiger partial charge in [-0.25, -0.2) is 21.9 Å². The fraction of sp³-hybridized carbons (Fsp3) is 0.286. The Kier molecular flexibility index (Phi) is 5.09. The second kappa shape index (κ2) is 6.86. The number of carbonyl (C=O) groups excluding carboxylic acids is 1. The van der Waals surface area contributed by atoms with Crippen LogP contribution in [0.15, 0.2) is 30.6 Å². The van der Waals surface area contributed by atoms with Crippen molar-refractivity contribution in [3.05, 3.63) is 47.8 Å². The molecule has 0 aliphatic heterocycles. The molecule has 0 atom stereocenters. The molecule has 0 fully saturated rings. The molecule has 2 aromatic rings. The number of sulfone groups is 1. The Morgan fingerprint density at radius 2 is 2.09 bits per heavy atom. The van der Waals surface area contributed by atoms with Crippen LogP contribution in [0.4, 0.5) is 8.78 Å². The van der Waals surface area contributed by atoms with Crippen LogP contribution >= 0.6 is 0 Å². The largest absolute Gasteiger partial charge is 0.352 e. The average Bonchev–Trinajstić information content (AvgIpc) is 2.92. The molecule has 1 N–H and O–H groups in total. The van der Waals surface area contributed by atoms with Crippen LogP contribution in [-0.2, 0) is 9.84 Å². The molecular formula is C14H15F2N3O3S. The number of benzene rings is 1. The lowest BCUT2D eigenvalue weighted by Crippen LogP contribution is -2.25. The number of nitrogens with one attached hydrogen (secondary N) is 1. The van der Waals surface area contributed by atoms with Gasteiger partial charge in [0, 0.05) is 25.1 Å². The molecular weight excluding hydrogens is 328 g/mol. The molecule has 1 aromatic heterocycles. The summed E-state index contributed by atoms with van der Waals surface area (Å²) in [6.07, 6.45) is 3.97. The summed E-state index contributed by atoms with van der Waals surface area (Å²) in [6, 6.07) is 3.03. The highest BCUT2D eigenvalue weighted by Gasteiger charge is 2.12. The highest BCUT2D eigenvalue weighted by Crippen LogP contribution is 2.14. The second-order valence-electron chi connectivity index (χ2n) is 5.01. The van der Waals surface area contributed by atoms with Crippen LogP contribution in [0.25, 0.3) is 5.69 Å². The maximum absolute atomic E-state index is 13.6. The summed E-state index contributed by atoms with van der Waals surface area (Å²) in [6.45, 7) is 0.196. The third-order valence-corrected chi connectivity index (χ3v) is 4.01. The molecule has 0 unspecified atom stereocenters. The van der Waals surface area contributed by atoms with Gasteiger partial charge >= 0.3 is 0 Å². The van der Waals surface area contributed by atoms with Crippen LogP contribution in [0, 0.1) is 11.6 Å². The minimum atomic E-state index is -3.07. The quantitative estimate of drug-likeness (QED) is 0.802. The van der Waals surface area contributed by atoms with Crippen molar-refractivity contribution in [3.63, 3.8) is 0 Å². The molecule has 0 radical (unpaired) electrons. The van der Waals surface area contributed by atoms with Crippen LogP contribution in [0.2, 0.25) is 0 Å². The summed E-state index contributed by atoms with van der Waals surface area (Å²) in [7, 11) is -3.07. The summed E-state index contributed by atoms with van der Waals surface area (Å²) in [5.41, 5.74) is 0.204. The van der Waals surface area contributed by atoms with Crippen LogP contribution < -0.4 is 5.32 Å². The SMILES string of the molecule is CS(=O)(=O)CCCNC(=O)c1cnn(-c2ccc(F)cc2F)c1. The van der Waals surface area contributed by atoms with E-state index in [0.29, 0.717) is 6.42 Å². The van der Waals surface area contributed by atoms with Gasteiger partial charge in [-0.15, -0.1) is 0 Å². The van der Waals surface area contributed by atoms with Crippen molar-refractivity contribution in [2.45, 2.75) is 6.42 Å². The lowest BCUT2D eigenvalue weighted by atomic mass is 10.3. The minimum Gasteiger partial charge on any atom is -0.352 e. The van der Waals surface area contributed by atoms with Gasteiger partial charge in [0.1, 0.15) is 21.3 Å².